The van der Waals surface area contributed by atoms with Gasteiger partial charge in [0, 0.05) is 34.8 Å². The average Bonchev–Trinajstić information content (AvgIpc) is 2.93. The summed E-state index contributed by atoms with van der Waals surface area (Å²) in [6, 6.07) is 18.5. The van der Waals surface area contributed by atoms with Gasteiger partial charge in [-0.1, -0.05) is 36.4 Å². The highest BCUT2D eigenvalue weighted by molar-refractivity contribution is 7.99. The Hall–Kier alpha value is -1.41. The minimum atomic E-state index is 0.651. The zero-order valence-electron chi connectivity index (χ0n) is 12.5. The second-order valence-electron chi connectivity index (χ2n) is 6.21. The summed E-state index contributed by atoms with van der Waals surface area (Å²) in [5, 5.41) is 0. The Bertz CT molecular complexity index is 652. The lowest BCUT2D eigenvalue weighted by atomic mass is 9.93. The molecule has 108 valence electrons. The molecule has 1 nitrogen and oxygen atoms in total. The van der Waals surface area contributed by atoms with Crippen LogP contribution < -0.4 is 4.90 Å². The van der Waals surface area contributed by atoms with Gasteiger partial charge in [-0.15, -0.1) is 11.8 Å². The summed E-state index contributed by atoms with van der Waals surface area (Å²) in [6.07, 6.45) is 2.50. The number of para-hydroxylation sites is 1. The van der Waals surface area contributed by atoms with Crippen molar-refractivity contribution in [1.29, 1.82) is 0 Å². The molecule has 2 aromatic rings. The minimum Gasteiger partial charge on any atom is -0.368 e. The molecule has 2 heteroatoms. The fourth-order valence-corrected chi connectivity index (χ4v) is 4.90. The lowest BCUT2D eigenvalue weighted by Crippen LogP contribution is -2.40. The summed E-state index contributed by atoms with van der Waals surface area (Å²) in [6.45, 7) is 3.53. The topological polar surface area (TPSA) is 3.24 Å². The Balaban J connectivity index is 1.63. The number of rotatable bonds is 2. The lowest BCUT2D eigenvalue weighted by molar-refractivity contribution is 0.541. The number of thioether (sulfide) groups is 1. The van der Waals surface area contributed by atoms with Crippen molar-refractivity contribution in [2.24, 2.45) is 0 Å². The smallest absolute Gasteiger partial charge is 0.0401 e. The van der Waals surface area contributed by atoms with Crippen LogP contribution in [0, 0.1) is 0 Å². The largest absolute Gasteiger partial charge is 0.368 e. The van der Waals surface area contributed by atoms with Gasteiger partial charge in [-0.3, -0.25) is 0 Å². The van der Waals surface area contributed by atoms with Crippen molar-refractivity contribution in [3.63, 3.8) is 0 Å². The van der Waals surface area contributed by atoms with Gasteiger partial charge in [0.15, 0.2) is 0 Å². The summed E-state index contributed by atoms with van der Waals surface area (Å²) in [4.78, 5) is 4.13. The SMILES string of the molecule is CC1CCc2ccccc2N1CC1CSc2ccccc21. The van der Waals surface area contributed by atoms with E-state index in [9.17, 15) is 0 Å². The van der Waals surface area contributed by atoms with Crippen LogP contribution in [-0.2, 0) is 6.42 Å². The Labute approximate surface area is 131 Å². The van der Waals surface area contributed by atoms with Crippen LogP contribution in [0.3, 0.4) is 0 Å². The van der Waals surface area contributed by atoms with Gasteiger partial charge in [0.1, 0.15) is 0 Å². The first-order chi connectivity index (χ1) is 10.3. The van der Waals surface area contributed by atoms with Gasteiger partial charge in [-0.25, -0.2) is 0 Å². The molecule has 0 spiro atoms. The van der Waals surface area contributed by atoms with E-state index < -0.39 is 0 Å². The molecule has 0 saturated carbocycles. The van der Waals surface area contributed by atoms with Crippen molar-refractivity contribution in [2.75, 3.05) is 17.2 Å². The van der Waals surface area contributed by atoms with E-state index in [4.69, 9.17) is 0 Å². The predicted molar refractivity (Wildman–Crippen MR) is 91.5 cm³/mol. The molecule has 0 radical (unpaired) electrons. The van der Waals surface area contributed by atoms with Crippen molar-refractivity contribution in [2.45, 2.75) is 36.6 Å². The number of hydrogen-bond acceptors (Lipinski definition) is 2. The third-order valence-corrected chi connectivity index (χ3v) is 6.13. The van der Waals surface area contributed by atoms with Crippen LogP contribution in [0.4, 0.5) is 5.69 Å². The van der Waals surface area contributed by atoms with E-state index in [1.165, 1.54) is 34.7 Å². The van der Waals surface area contributed by atoms with E-state index in [0.717, 1.165) is 6.54 Å². The van der Waals surface area contributed by atoms with Crippen LogP contribution >= 0.6 is 11.8 Å². The van der Waals surface area contributed by atoms with E-state index in [0.29, 0.717) is 12.0 Å². The van der Waals surface area contributed by atoms with Gasteiger partial charge in [0.2, 0.25) is 0 Å². The number of aryl methyl sites for hydroxylation is 1. The average molecular weight is 295 g/mol. The van der Waals surface area contributed by atoms with E-state index in [1.807, 2.05) is 11.8 Å². The predicted octanol–water partition coefficient (Wildman–Crippen LogP) is 4.72. The van der Waals surface area contributed by atoms with Crippen molar-refractivity contribution >= 4 is 17.4 Å². The zero-order chi connectivity index (χ0) is 14.2. The summed E-state index contributed by atoms with van der Waals surface area (Å²) in [7, 11) is 0. The fraction of sp³-hybridized carbons (Fsp3) is 0.368. The van der Waals surface area contributed by atoms with Crippen LogP contribution in [0.1, 0.15) is 30.4 Å². The maximum atomic E-state index is 2.64. The second kappa shape index (κ2) is 5.42. The quantitative estimate of drug-likeness (QED) is 0.789. The van der Waals surface area contributed by atoms with Crippen molar-refractivity contribution in [1.82, 2.24) is 0 Å². The number of hydrogen-bond donors (Lipinski definition) is 0. The molecule has 2 aliphatic heterocycles. The molecule has 2 unspecified atom stereocenters. The number of fused-ring (bicyclic) bond motifs is 2. The van der Waals surface area contributed by atoms with Crippen molar-refractivity contribution < 1.29 is 0 Å². The molecule has 2 aliphatic rings. The molecule has 0 aromatic heterocycles. The first kappa shape index (κ1) is 13.3. The van der Waals surface area contributed by atoms with E-state index in [1.54, 1.807) is 5.56 Å². The van der Waals surface area contributed by atoms with E-state index in [2.05, 4.69) is 60.4 Å². The van der Waals surface area contributed by atoms with Gasteiger partial charge in [0.05, 0.1) is 0 Å². The van der Waals surface area contributed by atoms with Gasteiger partial charge < -0.3 is 4.90 Å². The molecule has 0 aliphatic carbocycles. The Morgan fingerprint density at radius 3 is 2.86 bits per heavy atom. The molecule has 2 atom stereocenters. The molecule has 0 amide bonds. The van der Waals surface area contributed by atoms with Crippen molar-refractivity contribution in [3.8, 4) is 0 Å². The monoisotopic (exact) mass is 295 g/mol. The fourth-order valence-electron chi connectivity index (χ4n) is 3.66. The highest BCUT2D eigenvalue weighted by Gasteiger charge is 2.29. The highest BCUT2D eigenvalue weighted by Crippen LogP contribution is 2.41. The third-order valence-electron chi connectivity index (χ3n) is 4.88. The summed E-state index contributed by atoms with van der Waals surface area (Å²) >= 11 is 2.02. The second-order valence-corrected chi connectivity index (χ2v) is 7.28. The van der Waals surface area contributed by atoms with Gasteiger partial charge in [-0.2, -0.15) is 0 Å². The van der Waals surface area contributed by atoms with Crippen LogP contribution in [0.5, 0.6) is 0 Å². The Morgan fingerprint density at radius 1 is 1.10 bits per heavy atom. The first-order valence-electron chi connectivity index (χ1n) is 7.89. The summed E-state index contributed by atoms with van der Waals surface area (Å²) in [5.74, 6) is 1.89. The maximum absolute atomic E-state index is 2.64. The van der Waals surface area contributed by atoms with Gasteiger partial charge in [-0.05, 0) is 43.0 Å². The molecule has 0 N–H and O–H groups in total. The Kier molecular flexibility index (Phi) is 3.42. The molecule has 0 fully saturated rings. The molecule has 0 saturated heterocycles. The normalized spacial score (nSPS) is 23.8. The molecule has 0 bridgehead atoms. The van der Waals surface area contributed by atoms with Crippen molar-refractivity contribution in [3.05, 3.63) is 59.7 Å². The standard InChI is InChI=1S/C19H21NS/c1-14-10-11-15-6-2-4-8-18(15)20(14)12-16-13-21-19-9-5-3-7-17(16)19/h2-9,14,16H,10-13H2,1H3. The third kappa shape index (κ3) is 2.36. The number of anilines is 1. The van der Waals surface area contributed by atoms with Crippen LogP contribution in [0.2, 0.25) is 0 Å². The van der Waals surface area contributed by atoms with Crippen LogP contribution in [-0.4, -0.2) is 18.3 Å². The molecule has 2 heterocycles. The first-order valence-corrected chi connectivity index (χ1v) is 8.88. The molecular formula is C19H21NS. The number of benzene rings is 2. The number of nitrogens with zero attached hydrogens (tertiary/aromatic N) is 1. The van der Waals surface area contributed by atoms with E-state index >= 15 is 0 Å². The van der Waals surface area contributed by atoms with Crippen LogP contribution in [0.25, 0.3) is 0 Å². The molecule has 2 aromatic carbocycles. The zero-order valence-corrected chi connectivity index (χ0v) is 13.3. The minimum absolute atomic E-state index is 0.651. The highest BCUT2D eigenvalue weighted by atomic mass is 32.2. The van der Waals surface area contributed by atoms with Crippen LogP contribution in [0.15, 0.2) is 53.4 Å². The van der Waals surface area contributed by atoms with Gasteiger partial charge >= 0.3 is 0 Å². The van der Waals surface area contributed by atoms with E-state index in [-0.39, 0.29) is 0 Å². The molecule has 4 rings (SSSR count). The molecule has 21 heavy (non-hydrogen) atoms. The van der Waals surface area contributed by atoms with Gasteiger partial charge in [0.25, 0.3) is 0 Å². The molecular weight excluding hydrogens is 274 g/mol. The Morgan fingerprint density at radius 2 is 1.90 bits per heavy atom. The summed E-state index contributed by atoms with van der Waals surface area (Å²) < 4.78 is 0. The maximum Gasteiger partial charge on any atom is 0.0401 e. The lowest BCUT2D eigenvalue weighted by Gasteiger charge is -2.38. The summed E-state index contributed by atoms with van der Waals surface area (Å²) in [5.41, 5.74) is 4.54.